The van der Waals surface area contributed by atoms with Gasteiger partial charge in [0.15, 0.2) is 11.6 Å². The van der Waals surface area contributed by atoms with Crippen molar-refractivity contribution in [3.8, 4) is 0 Å². The quantitative estimate of drug-likeness (QED) is 0.585. The first-order valence-corrected chi connectivity index (χ1v) is 9.86. The molecule has 0 radical (unpaired) electrons. The van der Waals surface area contributed by atoms with Crippen LogP contribution < -0.4 is 0 Å². The summed E-state index contributed by atoms with van der Waals surface area (Å²) < 4.78 is 95.5. The Morgan fingerprint density at radius 2 is 1.57 bits per heavy atom. The smallest absolute Gasteiger partial charge is 0.475 e. The minimum atomic E-state index is -5.08. The minimum absolute atomic E-state index is 0.183. The molecule has 15 heteroatoms. The Hall–Kier alpha value is -2.52. The molecule has 2 aliphatic heterocycles. The number of fused-ring (bicyclic) bond motifs is 1. The zero-order valence-corrected chi connectivity index (χ0v) is 18.6. The molecule has 2 aliphatic rings. The number of hydrogen-bond acceptors (Lipinski definition) is 5. The number of alkyl halides is 6. The van der Waals surface area contributed by atoms with E-state index in [1.54, 1.807) is 6.07 Å². The predicted octanol–water partition coefficient (Wildman–Crippen LogP) is 3.24. The van der Waals surface area contributed by atoms with Gasteiger partial charge < -0.3 is 19.8 Å². The van der Waals surface area contributed by atoms with Crippen LogP contribution in [0.15, 0.2) is 18.2 Å². The van der Waals surface area contributed by atoms with E-state index in [1.165, 1.54) is 12.1 Å². The number of ether oxygens (including phenoxy) is 1. The number of rotatable bonds is 4. The van der Waals surface area contributed by atoms with Crippen molar-refractivity contribution >= 4 is 11.9 Å². The second-order valence-corrected chi connectivity index (χ2v) is 8.34. The van der Waals surface area contributed by atoms with Crippen LogP contribution in [-0.2, 0) is 20.9 Å². The van der Waals surface area contributed by atoms with E-state index in [0.717, 1.165) is 38.4 Å². The van der Waals surface area contributed by atoms with Gasteiger partial charge in [0.25, 0.3) is 0 Å². The highest BCUT2D eigenvalue weighted by molar-refractivity contribution is 5.73. The molecule has 0 saturated carbocycles. The molecule has 2 saturated heterocycles. The van der Waals surface area contributed by atoms with E-state index in [9.17, 15) is 35.1 Å². The third kappa shape index (κ3) is 9.57. The molecule has 0 bridgehead atoms. The molecule has 7 nitrogen and oxygen atoms in total. The number of carbonyl (C=O) groups is 2. The van der Waals surface area contributed by atoms with Crippen molar-refractivity contribution in [1.82, 2.24) is 9.80 Å². The van der Waals surface area contributed by atoms with Gasteiger partial charge in [0.05, 0.1) is 13.2 Å². The lowest BCUT2D eigenvalue weighted by Crippen LogP contribution is -2.40. The summed E-state index contributed by atoms with van der Waals surface area (Å²) in [6.45, 7) is 5.20. The summed E-state index contributed by atoms with van der Waals surface area (Å²) in [4.78, 5) is 22.3. The molecule has 2 fully saturated rings. The molecule has 200 valence electrons. The molecule has 2 atom stereocenters. The van der Waals surface area contributed by atoms with Crippen LogP contribution in [0.2, 0.25) is 0 Å². The maximum absolute atomic E-state index is 13.3. The second kappa shape index (κ2) is 11.9. The molecule has 35 heavy (non-hydrogen) atoms. The molecule has 0 aliphatic carbocycles. The highest BCUT2D eigenvalue weighted by Crippen LogP contribution is 2.42. The topological polar surface area (TPSA) is 90.3 Å². The third-order valence-corrected chi connectivity index (χ3v) is 5.10. The minimum Gasteiger partial charge on any atom is -0.475 e. The van der Waals surface area contributed by atoms with Crippen LogP contribution in [0, 0.1) is 23.0 Å². The Kier molecular flexibility index (Phi) is 10.4. The van der Waals surface area contributed by atoms with Crippen molar-refractivity contribution in [2.45, 2.75) is 18.9 Å². The highest BCUT2D eigenvalue weighted by Gasteiger charge is 2.50. The number of likely N-dealkylation sites (tertiary alicyclic amines) is 1. The van der Waals surface area contributed by atoms with Crippen LogP contribution >= 0.6 is 0 Å². The lowest BCUT2D eigenvalue weighted by Gasteiger charge is -2.30. The third-order valence-electron chi connectivity index (χ3n) is 5.10. The normalized spacial score (nSPS) is 22.1. The summed E-state index contributed by atoms with van der Waals surface area (Å²) in [5, 5.41) is 14.2. The van der Waals surface area contributed by atoms with E-state index >= 15 is 0 Å². The highest BCUT2D eigenvalue weighted by atomic mass is 19.4. The van der Waals surface area contributed by atoms with E-state index in [-0.39, 0.29) is 5.41 Å². The monoisotopic (exact) mass is 524 g/mol. The van der Waals surface area contributed by atoms with Crippen molar-refractivity contribution in [2.24, 2.45) is 11.3 Å². The van der Waals surface area contributed by atoms with E-state index in [1.807, 2.05) is 0 Å². The number of halogens is 8. The van der Waals surface area contributed by atoms with Gasteiger partial charge in [0.2, 0.25) is 0 Å². The van der Waals surface area contributed by atoms with Gasteiger partial charge in [-0.1, -0.05) is 6.07 Å². The zero-order chi connectivity index (χ0) is 27.2. The Balaban J connectivity index is 0.000000362. The van der Waals surface area contributed by atoms with Crippen molar-refractivity contribution in [3.05, 3.63) is 35.4 Å². The first-order chi connectivity index (χ1) is 15.9. The second-order valence-electron chi connectivity index (χ2n) is 8.34. The van der Waals surface area contributed by atoms with Gasteiger partial charge in [-0.15, -0.1) is 0 Å². The molecule has 0 amide bonds. The van der Waals surface area contributed by atoms with Crippen LogP contribution in [-0.4, -0.2) is 91.2 Å². The van der Waals surface area contributed by atoms with E-state index in [4.69, 9.17) is 24.5 Å². The van der Waals surface area contributed by atoms with Gasteiger partial charge >= 0.3 is 24.3 Å². The average Bonchev–Trinajstić information content (AvgIpc) is 3.19. The first kappa shape index (κ1) is 30.5. The van der Waals surface area contributed by atoms with Crippen molar-refractivity contribution in [1.29, 1.82) is 0 Å². The standard InChI is InChI=1S/C16H22F2N2O.2C2HF3O2/c1-19(2)9-16-10-20(7-13(16)8-21-11-16)6-12-3-4-14(17)15(18)5-12;2*3-2(4,5)1(6)7/h3-5,13H,6-11H2,1-2H3;2*(H,6,7)/t13-,16+;;/m1../s1. The fraction of sp³-hybridized carbons (Fsp3) is 0.600. The molecular weight excluding hydrogens is 500 g/mol. The number of aliphatic carboxylic acids is 2. The fourth-order valence-corrected chi connectivity index (χ4v) is 3.81. The van der Waals surface area contributed by atoms with Gasteiger partial charge in [-0.05, 0) is 31.8 Å². The molecular formula is C20H24F8N2O5. The predicted molar refractivity (Wildman–Crippen MR) is 104 cm³/mol. The summed E-state index contributed by atoms with van der Waals surface area (Å²) in [6.07, 6.45) is -10.2. The van der Waals surface area contributed by atoms with Crippen molar-refractivity contribution in [3.63, 3.8) is 0 Å². The number of hydrogen-bond donors (Lipinski definition) is 2. The van der Waals surface area contributed by atoms with E-state index < -0.39 is 35.9 Å². The SMILES string of the molecule is CN(C)C[C@]12COC[C@H]1CN(Cc1ccc(F)c(F)c1)C2.O=C(O)C(F)(F)F.O=C(O)C(F)(F)F. The zero-order valence-electron chi connectivity index (χ0n) is 18.6. The summed E-state index contributed by atoms with van der Waals surface area (Å²) >= 11 is 0. The van der Waals surface area contributed by atoms with Gasteiger partial charge in [0.1, 0.15) is 0 Å². The maximum Gasteiger partial charge on any atom is 0.490 e. The van der Waals surface area contributed by atoms with Crippen LogP contribution in [0.3, 0.4) is 0 Å². The molecule has 1 aromatic rings. The van der Waals surface area contributed by atoms with E-state index in [0.29, 0.717) is 12.5 Å². The lowest BCUT2D eigenvalue weighted by atomic mass is 9.81. The number of nitrogens with zero attached hydrogens (tertiary/aromatic N) is 2. The van der Waals surface area contributed by atoms with Crippen LogP contribution in [0.1, 0.15) is 5.56 Å². The van der Waals surface area contributed by atoms with Crippen LogP contribution in [0.25, 0.3) is 0 Å². The van der Waals surface area contributed by atoms with Gasteiger partial charge in [-0.3, -0.25) is 4.90 Å². The summed E-state index contributed by atoms with van der Waals surface area (Å²) in [7, 11) is 4.17. The number of carboxylic acids is 2. The molecule has 1 aromatic carbocycles. The van der Waals surface area contributed by atoms with Gasteiger partial charge in [-0.25, -0.2) is 18.4 Å². The molecule has 2 N–H and O–H groups in total. The number of carboxylic acid groups (broad SMARTS) is 2. The largest absolute Gasteiger partial charge is 0.490 e. The molecule has 2 heterocycles. The van der Waals surface area contributed by atoms with Crippen LogP contribution in [0.5, 0.6) is 0 Å². The first-order valence-electron chi connectivity index (χ1n) is 9.86. The Morgan fingerprint density at radius 1 is 1.06 bits per heavy atom. The molecule has 3 rings (SSSR count). The summed E-state index contributed by atoms with van der Waals surface area (Å²) in [5.74, 6) is -6.53. The van der Waals surface area contributed by atoms with E-state index in [2.05, 4.69) is 23.9 Å². The molecule has 0 aromatic heterocycles. The number of benzene rings is 1. The van der Waals surface area contributed by atoms with Gasteiger partial charge in [-0.2, -0.15) is 26.3 Å². The Bertz CT molecular complexity index is 854. The van der Waals surface area contributed by atoms with Crippen LogP contribution in [0.4, 0.5) is 35.1 Å². The summed E-state index contributed by atoms with van der Waals surface area (Å²) in [5.41, 5.74) is 1.01. The summed E-state index contributed by atoms with van der Waals surface area (Å²) in [6, 6.07) is 4.18. The Labute approximate surface area is 194 Å². The molecule has 0 unspecified atom stereocenters. The molecule has 0 spiro atoms. The Morgan fingerprint density at radius 3 is 2.00 bits per heavy atom. The fourth-order valence-electron chi connectivity index (χ4n) is 3.81. The lowest BCUT2D eigenvalue weighted by molar-refractivity contribution is -0.193. The van der Waals surface area contributed by atoms with Crippen molar-refractivity contribution < 1.29 is 59.7 Å². The maximum atomic E-state index is 13.3. The average molecular weight is 524 g/mol. The van der Waals surface area contributed by atoms with Gasteiger partial charge in [0, 0.05) is 37.5 Å². The van der Waals surface area contributed by atoms with Crippen molar-refractivity contribution in [2.75, 3.05) is 46.9 Å².